The fourth-order valence-electron chi connectivity index (χ4n) is 2.67. The van der Waals surface area contributed by atoms with Gasteiger partial charge in [-0.15, -0.1) is 0 Å². The van der Waals surface area contributed by atoms with Crippen LogP contribution in [-0.2, 0) is 0 Å². The Labute approximate surface area is 115 Å². The van der Waals surface area contributed by atoms with Gasteiger partial charge in [0.25, 0.3) is 5.91 Å². The van der Waals surface area contributed by atoms with E-state index in [1.807, 2.05) is 36.0 Å². The van der Waals surface area contributed by atoms with Crippen molar-refractivity contribution < 1.29 is 4.79 Å². The lowest BCUT2D eigenvalue weighted by molar-refractivity contribution is 0.0636. The van der Waals surface area contributed by atoms with E-state index in [1.54, 1.807) is 6.07 Å². The number of carbonyl (C=O) groups excluding carboxylic acids is 1. The Morgan fingerprint density at radius 2 is 2.11 bits per heavy atom. The second kappa shape index (κ2) is 5.51. The smallest absolute Gasteiger partial charge is 0.256 e. The van der Waals surface area contributed by atoms with Gasteiger partial charge in [0.1, 0.15) is 0 Å². The first-order chi connectivity index (χ1) is 9.00. The molecular weight excluding hydrogens is 238 g/mol. The minimum absolute atomic E-state index is 0.100. The average molecular weight is 261 g/mol. The summed E-state index contributed by atoms with van der Waals surface area (Å²) in [6.45, 7) is 2.97. The van der Waals surface area contributed by atoms with Crippen molar-refractivity contribution in [2.24, 2.45) is 0 Å². The Bertz CT molecular complexity index is 470. The maximum atomic E-state index is 12.7. The van der Waals surface area contributed by atoms with E-state index in [9.17, 15) is 4.79 Å². The molecule has 1 saturated heterocycles. The molecule has 1 atom stereocenters. The van der Waals surface area contributed by atoms with Gasteiger partial charge in [-0.1, -0.05) is 0 Å². The molecule has 19 heavy (non-hydrogen) atoms. The normalized spacial score (nSPS) is 19.3. The quantitative estimate of drug-likeness (QED) is 0.831. The van der Waals surface area contributed by atoms with Crippen LogP contribution >= 0.6 is 0 Å². The maximum Gasteiger partial charge on any atom is 0.256 e. The number of benzene rings is 1. The summed E-state index contributed by atoms with van der Waals surface area (Å²) in [6.07, 6.45) is 3.39. The zero-order chi connectivity index (χ0) is 14.0. The minimum atomic E-state index is 0.100. The molecule has 0 aromatic heterocycles. The van der Waals surface area contributed by atoms with Crippen LogP contribution in [0.25, 0.3) is 0 Å². The lowest BCUT2D eigenvalue weighted by Crippen LogP contribution is -2.42. The van der Waals surface area contributed by atoms with Crippen LogP contribution in [0, 0.1) is 0 Å². The van der Waals surface area contributed by atoms with Crippen LogP contribution in [0.2, 0.25) is 0 Å². The predicted molar refractivity (Wildman–Crippen MR) is 79.5 cm³/mol. The third-order valence-electron chi connectivity index (χ3n) is 3.80. The zero-order valence-corrected chi connectivity index (χ0v) is 12.0. The highest BCUT2D eigenvalue weighted by Gasteiger charge is 2.26. The van der Waals surface area contributed by atoms with Gasteiger partial charge < -0.3 is 15.5 Å². The number of hydrogen-bond acceptors (Lipinski definition) is 3. The van der Waals surface area contributed by atoms with Gasteiger partial charge in [-0.05, 0) is 44.4 Å². The maximum absolute atomic E-state index is 12.7. The lowest BCUT2D eigenvalue weighted by atomic mass is 10.0. The van der Waals surface area contributed by atoms with Crippen molar-refractivity contribution in [3.05, 3.63) is 23.8 Å². The number of nitrogens with zero attached hydrogens (tertiary/aromatic N) is 2. The topological polar surface area (TPSA) is 49.6 Å². The Morgan fingerprint density at radius 3 is 2.74 bits per heavy atom. The van der Waals surface area contributed by atoms with Crippen molar-refractivity contribution in [1.29, 1.82) is 0 Å². The second-order valence-electron chi connectivity index (χ2n) is 5.51. The molecule has 104 valence electrons. The molecule has 1 heterocycles. The summed E-state index contributed by atoms with van der Waals surface area (Å²) in [7, 11) is 3.89. The Hall–Kier alpha value is -1.71. The van der Waals surface area contributed by atoms with Crippen LogP contribution in [0.15, 0.2) is 18.2 Å². The summed E-state index contributed by atoms with van der Waals surface area (Å²) in [5.74, 6) is 0.100. The largest absolute Gasteiger partial charge is 0.399 e. The first-order valence-electron chi connectivity index (χ1n) is 6.88. The predicted octanol–water partition coefficient (Wildman–Crippen LogP) is 2.35. The van der Waals surface area contributed by atoms with Crippen molar-refractivity contribution >= 4 is 17.3 Å². The monoisotopic (exact) mass is 261 g/mol. The number of carbonyl (C=O) groups is 1. The Morgan fingerprint density at radius 1 is 1.37 bits per heavy atom. The summed E-state index contributed by atoms with van der Waals surface area (Å²) < 4.78 is 0. The van der Waals surface area contributed by atoms with Crippen LogP contribution in [0.5, 0.6) is 0 Å². The SMILES string of the molecule is C[C@@H]1CCCCN1C(=O)c1cc(N)ccc1N(C)C. The number of likely N-dealkylation sites (tertiary alicyclic amines) is 1. The number of nitrogen functional groups attached to an aromatic ring is 1. The summed E-state index contributed by atoms with van der Waals surface area (Å²) in [6, 6.07) is 5.86. The highest BCUT2D eigenvalue weighted by Crippen LogP contribution is 2.26. The molecule has 0 spiro atoms. The first kappa shape index (κ1) is 13.7. The van der Waals surface area contributed by atoms with E-state index >= 15 is 0 Å². The fourth-order valence-corrected chi connectivity index (χ4v) is 2.67. The molecule has 2 rings (SSSR count). The highest BCUT2D eigenvalue weighted by molar-refractivity contribution is 6.00. The zero-order valence-electron chi connectivity index (χ0n) is 12.0. The summed E-state index contributed by atoms with van der Waals surface area (Å²) in [5.41, 5.74) is 8.11. The summed E-state index contributed by atoms with van der Waals surface area (Å²) >= 11 is 0. The van der Waals surface area contributed by atoms with Crippen molar-refractivity contribution in [3.63, 3.8) is 0 Å². The molecular formula is C15H23N3O. The van der Waals surface area contributed by atoms with Crippen molar-refractivity contribution in [2.75, 3.05) is 31.3 Å². The molecule has 1 aliphatic heterocycles. The van der Waals surface area contributed by atoms with Gasteiger partial charge in [0.2, 0.25) is 0 Å². The molecule has 4 heteroatoms. The van der Waals surface area contributed by atoms with E-state index in [2.05, 4.69) is 6.92 Å². The molecule has 2 N–H and O–H groups in total. The van der Waals surface area contributed by atoms with Gasteiger partial charge >= 0.3 is 0 Å². The van der Waals surface area contributed by atoms with Gasteiger partial charge in [-0.2, -0.15) is 0 Å². The molecule has 0 bridgehead atoms. The van der Waals surface area contributed by atoms with E-state index in [4.69, 9.17) is 5.73 Å². The number of nitrogens with two attached hydrogens (primary N) is 1. The molecule has 0 unspecified atom stereocenters. The lowest BCUT2D eigenvalue weighted by Gasteiger charge is -2.34. The number of piperidine rings is 1. The minimum Gasteiger partial charge on any atom is -0.399 e. The summed E-state index contributed by atoms with van der Waals surface area (Å²) in [4.78, 5) is 16.7. The number of hydrogen-bond donors (Lipinski definition) is 1. The molecule has 0 saturated carbocycles. The molecule has 1 aliphatic rings. The van der Waals surface area contributed by atoms with Gasteiger partial charge in [0.15, 0.2) is 0 Å². The van der Waals surface area contributed by atoms with Crippen molar-refractivity contribution in [3.8, 4) is 0 Å². The molecule has 1 aromatic carbocycles. The molecule has 0 aliphatic carbocycles. The van der Waals surface area contributed by atoms with E-state index in [0.717, 1.165) is 25.1 Å². The van der Waals surface area contributed by atoms with Crippen LogP contribution in [-0.4, -0.2) is 37.5 Å². The molecule has 1 aromatic rings. The van der Waals surface area contributed by atoms with E-state index < -0.39 is 0 Å². The van der Waals surface area contributed by atoms with E-state index in [0.29, 0.717) is 17.3 Å². The van der Waals surface area contributed by atoms with E-state index in [1.165, 1.54) is 6.42 Å². The number of anilines is 2. The molecule has 0 radical (unpaired) electrons. The number of amides is 1. The third kappa shape index (κ3) is 2.83. The van der Waals surface area contributed by atoms with Gasteiger partial charge in [0, 0.05) is 38.1 Å². The van der Waals surface area contributed by atoms with Crippen molar-refractivity contribution in [2.45, 2.75) is 32.2 Å². The number of rotatable bonds is 2. The molecule has 1 fully saturated rings. The second-order valence-corrected chi connectivity index (χ2v) is 5.51. The highest BCUT2D eigenvalue weighted by atomic mass is 16.2. The Balaban J connectivity index is 2.34. The van der Waals surface area contributed by atoms with Crippen LogP contribution in [0.1, 0.15) is 36.5 Å². The molecule has 4 nitrogen and oxygen atoms in total. The van der Waals surface area contributed by atoms with Gasteiger partial charge in [-0.25, -0.2) is 0 Å². The standard InChI is InChI=1S/C15H23N3O/c1-11-6-4-5-9-18(11)15(19)13-10-12(16)7-8-14(13)17(2)3/h7-8,10-11H,4-6,9,16H2,1-3H3/t11-/m1/s1. The van der Waals surface area contributed by atoms with Gasteiger partial charge in [-0.3, -0.25) is 4.79 Å². The van der Waals surface area contributed by atoms with Crippen molar-refractivity contribution in [1.82, 2.24) is 4.90 Å². The average Bonchev–Trinajstić information content (AvgIpc) is 2.38. The third-order valence-corrected chi connectivity index (χ3v) is 3.80. The fraction of sp³-hybridized carbons (Fsp3) is 0.533. The Kier molecular flexibility index (Phi) is 3.98. The van der Waals surface area contributed by atoms with Crippen LogP contribution in [0.3, 0.4) is 0 Å². The van der Waals surface area contributed by atoms with Gasteiger partial charge in [0.05, 0.1) is 5.56 Å². The first-order valence-corrected chi connectivity index (χ1v) is 6.88. The molecule has 1 amide bonds. The van der Waals surface area contributed by atoms with Crippen LogP contribution < -0.4 is 10.6 Å². The summed E-state index contributed by atoms with van der Waals surface area (Å²) in [5, 5.41) is 0. The van der Waals surface area contributed by atoms with Crippen LogP contribution in [0.4, 0.5) is 11.4 Å². The van der Waals surface area contributed by atoms with E-state index in [-0.39, 0.29) is 5.91 Å².